The Morgan fingerprint density at radius 3 is 2.47 bits per heavy atom. The molecular weight excluding hydrogens is 600 g/mol. The maximum atomic E-state index is 14.7. The van der Waals surface area contributed by atoms with Gasteiger partial charge in [-0.3, -0.25) is 14.6 Å². The largest absolute Gasteiger partial charge is 0.489 e. The van der Waals surface area contributed by atoms with E-state index in [1.165, 1.54) is 44.4 Å². The molecule has 4 aromatic rings. The van der Waals surface area contributed by atoms with Crippen LogP contribution in [0.1, 0.15) is 28.5 Å². The van der Waals surface area contributed by atoms with Gasteiger partial charge in [-0.05, 0) is 55.5 Å². The fraction of sp³-hybridized carbons (Fsp3) is 0.233. The fourth-order valence-electron chi connectivity index (χ4n) is 5.06. The van der Waals surface area contributed by atoms with Crippen LogP contribution < -0.4 is 26.4 Å². The molecule has 2 atom stereocenters. The lowest BCUT2D eigenvalue weighted by atomic mass is 9.81. The van der Waals surface area contributed by atoms with E-state index in [0.29, 0.717) is 5.39 Å². The molecule has 0 saturated heterocycles. The summed E-state index contributed by atoms with van der Waals surface area (Å²) in [5.74, 6) is -2.23. The normalized spacial score (nSPS) is 17.1. The number of fused-ring (bicyclic) bond motifs is 2. The highest BCUT2D eigenvalue weighted by molar-refractivity contribution is 6.05. The SMILES string of the molecule is CNC(=O)[C@@]1(C)COc2c1cc([C@@](O)(CNC(=O)c1cc(NC(N)=O)c3ncccc3c1)C(F)(F)F)nc2-c1ccc(F)cc1. The lowest BCUT2D eigenvalue weighted by Gasteiger charge is -2.31. The third-order valence-corrected chi connectivity index (χ3v) is 7.54. The van der Waals surface area contributed by atoms with Crippen LogP contribution in [0.5, 0.6) is 5.75 Å². The van der Waals surface area contributed by atoms with Crippen LogP contribution in [-0.4, -0.2) is 59.3 Å². The van der Waals surface area contributed by atoms with Gasteiger partial charge >= 0.3 is 12.2 Å². The Kier molecular flexibility index (Phi) is 7.83. The van der Waals surface area contributed by atoms with Gasteiger partial charge in [-0.1, -0.05) is 6.07 Å². The maximum absolute atomic E-state index is 14.7. The molecule has 15 heteroatoms. The van der Waals surface area contributed by atoms with Crippen molar-refractivity contribution in [3.05, 3.63) is 83.4 Å². The lowest BCUT2D eigenvalue weighted by Crippen LogP contribution is -2.52. The molecule has 0 saturated carbocycles. The Hall–Kier alpha value is -5.31. The third-order valence-electron chi connectivity index (χ3n) is 7.54. The zero-order valence-corrected chi connectivity index (χ0v) is 23.8. The zero-order chi connectivity index (χ0) is 32.7. The number of likely N-dealkylation sites (N-methyl/N-ethyl adjacent to an activating group) is 1. The number of rotatable bonds is 7. The van der Waals surface area contributed by atoms with Gasteiger partial charge in [-0.25, -0.2) is 14.2 Å². The number of nitrogens with two attached hydrogens (primary N) is 1. The van der Waals surface area contributed by atoms with E-state index in [1.54, 1.807) is 12.1 Å². The number of aliphatic hydroxyl groups is 1. The number of carbonyl (C=O) groups is 3. The van der Waals surface area contributed by atoms with Crippen molar-refractivity contribution in [2.75, 3.05) is 25.5 Å². The zero-order valence-electron chi connectivity index (χ0n) is 23.8. The van der Waals surface area contributed by atoms with E-state index in [-0.39, 0.29) is 45.9 Å². The molecule has 11 nitrogen and oxygen atoms in total. The number of ether oxygens (including phenoxy) is 1. The summed E-state index contributed by atoms with van der Waals surface area (Å²) >= 11 is 0. The second-order valence-electron chi connectivity index (χ2n) is 10.6. The summed E-state index contributed by atoms with van der Waals surface area (Å²) in [5.41, 5.74) is -0.836. The number of anilines is 1. The van der Waals surface area contributed by atoms with Crippen molar-refractivity contribution < 1.29 is 41.8 Å². The summed E-state index contributed by atoms with van der Waals surface area (Å²) in [7, 11) is 1.35. The molecule has 4 amide bonds. The minimum absolute atomic E-state index is 0.00405. The van der Waals surface area contributed by atoms with E-state index >= 15 is 0 Å². The molecule has 1 aliphatic heterocycles. The van der Waals surface area contributed by atoms with Crippen LogP contribution >= 0.6 is 0 Å². The Labute approximate surface area is 252 Å². The van der Waals surface area contributed by atoms with Crippen LogP contribution in [0, 0.1) is 5.82 Å². The topological polar surface area (TPSA) is 169 Å². The molecule has 45 heavy (non-hydrogen) atoms. The van der Waals surface area contributed by atoms with E-state index < -0.39 is 53.1 Å². The highest BCUT2D eigenvalue weighted by atomic mass is 19.4. The first-order valence-corrected chi connectivity index (χ1v) is 13.4. The van der Waals surface area contributed by atoms with Gasteiger partial charge < -0.3 is 31.5 Å². The van der Waals surface area contributed by atoms with Crippen molar-refractivity contribution in [1.82, 2.24) is 20.6 Å². The van der Waals surface area contributed by atoms with Gasteiger partial charge in [0.05, 0.1) is 23.4 Å². The second kappa shape index (κ2) is 11.3. The van der Waals surface area contributed by atoms with Gasteiger partial charge in [-0.15, -0.1) is 0 Å². The van der Waals surface area contributed by atoms with E-state index in [2.05, 4.69) is 25.9 Å². The molecule has 0 bridgehead atoms. The molecule has 0 spiro atoms. The predicted octanol–water partition coefficient (Wildman–Crippen LogP) is 3.50. The molecule has 0 unspecified atom stereocenters. The minimum atomic E-state index is -5.39. The van der Waals surface area contributed by atoms with Gasteiger partial charge in [0, 0.05) is 35.3 Å². The van der Waals surface area contributed by atoms with E-state index in [9.17, 15) is 37.1 Å². The monoisotopic (exact) mass is 626 g/mol. The van der Waals surface area contributed by atoms with Gasteiger partial charge in [0.25, 0.3) is 5.91 Å². The van der Waals surface area contributed by atoms with Crippen LogP contribution in [0.3, 0.4) is 0 Å². The molecule has 6 N–H and O–H groups in total. The van der Waals surface area contributed by atoms with Crippen LogP contribution in [0.25, 0.3) is 22.2 Å². The average molecular weight is 627 g/mol. The number of benzene rings is 2. The van der Waals surface area contributed by atoms with Gasteiger partial charge in [-0.2, -0.15) is 13.2 Å². The first-order chi connectivity index (χ1) is 21.2. The molecule has 3 heterocycles. The predicted molar refractivity (Wildman–Crippen MR) is 154 cm³/mol. The Balaban J connectivity index is 1.59. The van der Waals surface area contributed by atoms with Crippen LogP contribution in [0.2, 0.25) is 0 Å². The summed E-state index contributed by atoms with van der Waals surface area (Å²) in [4.78, 5) is 45.8. The van der Waals surface area contributed by atoms with Crippen molar-refractivity contribution in [3.63, 3.8) is 0 Å². The van der Waals surface area contributed by atoms with Gasteiger partial charge in [0.15, 0.2) is 0 Å². The minimum Gasteiger partial charge on any atom is -0.489 e. The first kappa shape index (κ1) is 31.1. The van der Waals surface area contributed by atoms with Gasteiger partial charge in [0.2, 0.25) is 11.5 Å². The third kappa shape index (κ3) is 5.57. The molecule has 5 rings (SSSR count). The first-order valence-electron chi connectivity index (χ1n) is 13.4. The quantitative estimate of drug-likeness (QED) is 0.196. The number of nitrogens with one attached hydrogen (secondary N) is 3. The van der Waals surface area contributed by atoms with Gasteiger partial charge in [0.1, 0.15) is 29.3 Å². The Morgan fingerprint density at radius 1 is 1.11 bits per heavy atom. The Morgan fingerprint density at radius 2 is 1.82 bits per heavy atom. The summed E-state index contributed by atoms with van der Waals surface area (Å²) < 4.78 is 63.7. The lowest BCUT2D eigenvalue weighted by molar-refractivity contribution is -0.265. The second-order valence-corrected chi connectivity index (χ2v) is 10.6. The number of hydrogen-bond donors (Lipinski definition) is 5. The molecule has 0 radical (unpaired) electrons. The fourth-order valence-corrected chi connectivity index (χ4v) is 5.06. The number of urea groups is 1. The molecule has 234 valence electrons. The molecule has 2 aromatic heterocycles. The molecule has 0 fully saturated rings. The number of halogens is 4. The number of hydrogen-bond acceptors (Lipinski definition) is 7. The average Bonchev–Trinajstić information content (AvgIpc) is 3.35. The number of aromatic nitrogens is 2. The summed E-state index contributed by atoms with van der Waals surface area (Å²) in [6, 6.07) is 10.3. The van der Waals surface area contributed by atoms with Crippen molar-refractivity contribution in [3.8, 4) is 17.0 Å². The summed E-state index contributed by atoms with van der Waals surface area (Å²) in [5, 5.41) is 18.6. The number of primary amides is 1. The van der Waals surface area contributed by atoms with Crippen molar-refractivity contribution in [1.29, 1.82) is 0 Å². The number of carbonyl (C=O) groups excluding carboxylic acids is 3. The van der Waals surface area contributed by atoms with Crippen molar-refractivity contribution in [2.24, 2.45) is 5.73 Å². The van der Waals surface area contributed by atoms with Crippen LogP contribution in [0.15, 0.2) is 60.8 Å². The van der Waals surface area contributed by atoms with E-state index in [4.69, 9.17) is 10.5 Å². The smallest absolute Gasteiger partial charge is 0.424 e. The molecule has 0 aliphatic carbocycles. The number of amides is 4. The van der Waals surface area contributed by atoms with E-state index in [0.717, 1.165) is 18.2 Å². The molecular formula is C30H26F4N6O5. The highest BCUT2D eigenvalue weighted by Gasteiger charge is 2.57. The number of alkyl halides is 3. The summed E-state index contributed by atoms with van der Waals surface area (Å²) in [6.45, 7) is -0.192. The van der Waals surface area contributed by atoms with E-state index in [1.807, 2.05) is 0 Å². The highest BCUT2D eigenvalue weighted by Crippen LogP contribution is 2.48. The Bertz CT molecular complexity index is 1830. The van der Waals surface area contributed by atoms with Crippen molar-refractivity contribution in [2.45, 2.75) is 24.1 Å². The van der Waals surface area contributed by atoms with Crippen LogP contribution in [0.4, 0.5) is 28.0 Å². The molecule has 1 aliphatic rings. The standard InChI is InChI=1S/C30H26F4N6O5/c1-28(26(42)36-2)14-45-24-19(28)12-21(40-23(24)15-5-7-18(31)8-6-15)29(44,30(32,33)34)13-38-25(41)17-10-16-4-3-9-37-22(16)20(11-17)39-27(35)43/h3-12,44H,13-14H2,1-2H3,(H,36,42)(H,38,41)(H3,35,39,43)/t28-,29-/m0/s1. The summed E-state index contributed by atoms with van der Waals surface area (Å²) in [6.07, 6.45) is -3.96. The van der Waals surface area contributed by atoms with Crippen molar-refractivity contribution >= 4 is 34.4 Å². The van der Waals surface area contributed by atoms with Crippen LogP contribution in [-0.2, 0) is 15.8 Å². The molecule has 2 aromatic carbocycles. The number of pyridine rings is 2. The number of nitrogens with zero attached hydrogens (tertiary/aromatic N) is 2. The maximum Gasteiger partial charge on any atom is 0.424 e.